The molecular weight excluding hydrogens is 434 g/mol. The summed E-state index contributed by atoms with van der Waals surface area (Å²) >= 11 is 0. The van der Waals surface area contributed by atoms with Crippen molar-refractivity contribution in [3.05, 3.63) is 108 Å². The van der Waals surface area contributed by atoms with Gasteiger partial charge in [-0.15, -0.1) is 0 Å². The van der Waals surface area contributed by atoms with Gasteiger partial charge in [-0.2, -0.15) is 0 Å². The average Bonchev–Trinajstić information content (AvgIpc) is 2.83. The van der Waals surface area contributed by atoms with Crippen LogP contribution in [0.3, 0.4) is 0 Å². The van der Waals surface area contributed by atoms with Gasteiger partial charge in [-0.1, -0.05) is 36.4 Å². The Morgan fingerprint density at radius 1 is 0.588 bits per heavy atom. The first-order chi connectivity index (χ1) is 16.3. The van der Waals surface area contributed by atoms with Crippen LogP contribution in [-0.2, 0) is 0 Å². The molecule has 2 N–H and O–H groups in total. The first-order valence-electron chi connectivity index (χ1n) is 10.6. The number of phenols is 2. The Kier molecular flexibility index (Phi) is 6.50. The van der Waals surface area contributed by atoms with Crippen LogP contribution in [0.1, 0.15) is 25.0 Å². The molecule has 4 aromatic rings. The van der Waals surface area contributed by atoms with E-state index in [1.54, 1.807) is 13.8 Å². The number of hydrogen-bond donors (Lipinski definition) is 2. The molecule has 0 saturated carbocycles. The van der Waals surface area contributed by atoms with Crippen molar-refractivity contribution >= 4 is 22.8 Å². The number of phenolic OH excluding ortho intramolecular Hbond substituents is 2. The summed E-state index contributed by atoms with van der Waals surface area (Å²) in [6, 6.07) is 22.3. The van der Waals surface area contributed by atoms with Gasteiger partial charge in [0, 0.05) is 33.7 Å². The fraction of sp³-hybridized carbons (Fsp3) is 0.0714. The van der Waals surface area contributed by atoms with Crippen molar-refractivity contribution in [2.24, 2.45) is 9.98 Å². The molecule has 0 amide bonds. The highest BCUT2D eigenvalue weighted by Gasteiger charge is 2.13. The average molecular weight is 456 g/mol. The third-order valence-corrected chi connectivity index (χ3v) is 5.37. The molecule has 170 valence electrons. The lowest BCUT2D eigenvalue weighted by molar-refractivity contribution is 0.471. The highest BCUT2D eigenvalue weighted by Crippen LogP contribution is 2.37. The first-order valence-corrected chi connectivity index (χ1v) is 10.6. The number of rotatable bonds is 5. The molecule has 0 aliphatic heterocycles. The number of benzene rings is 4. The lowest BCUT2D eigenvalue weighted by Crippen LogP contribution is -1.97. The lowest BCUT2D eigenvalue weighted by atomic mass is 10.0. The number of aromatic hydroxyl groups is 2. The summed E-state index contributed by atoms with van der Waals surface area (Å²) < 4.78 is 27.5. The molecule has 0 aromatic heterocycles. The molecule has 4 rings (SSSR count). The Hall–Kier alpha value is -4.32. The van der Waals surface area contributed by atoms with Gasteiger partial charge < -0.3 is 10.2 Å². The lowest BCUT2D eigenvalue weighted by Gasteiger charge is -2.12. The summed E-state index contributed by atoms with van der Waals surface area (Å²) in [6.07, 6.45) is 0. The fourth-order valence-electron chi connectivity index (χ4n) is 3.68. The predicted octanol–water partition coefficient (Wildman–Crippen LogP) is 7.32. The standard InChI is InChI=1S/C28H22F2N2O2/c1-17(23-15-19(29)11-13-27(23)33)31-25-9-5-3-7-21(25)22-8-4-6-10-26(22)32-18(2)24-16-20(30)12-14-28(24)34/h3-16,33-34H,1-2H3. The number of nitrogens with zero attached hydrogens (tertiary/aromatic N) is 2. The van der Waals surface area contributed by atoms with Crippen LogP contribution >= 0.6 is 0 Å². The molecule has 0 saturated heterocycles. The molecule has 0 fully saturated rings. The molecule has 0 spiro atoms. The van der Waals surface area contributed by atoms with Gasteiger partial charge in [0.05, 0.1) is 11.4 Å². The van der Waals surface area contributed by atoms with Gasteiger partial charge in [0.25, 0.3) is 0 Å². The van der Waals surface area contributed by atoms with Crippen molar-refractivity contribution in [3.8, 4) is 22.6 Å². The second-order valence-corrected chi connectivity index (χ2v) is 7.75. The molecule has 6 heteroatoms. The second kappa shape index (κ2) is 9.67. The maximum atomic E-state index is 13.7. The fourth-order valence-corrected chi connectivity index (χ4v) is 3.68. The van der Waals surface area contributed by atoms with Crippen LogP contribution in [0, 0.1) is 11.6 Å². The van der Waals surface area contributed by atoms with E-state index in [9.17, 15) is 19.0 Å². The Bertz CT molecular complexity index is 1320. The minimum atomic E-state index is -0.466. The van der Waals surface area contributed by atoms with Gasteiger partial charge in [0.2, 0.25) is 0 Å². The number of para-hydroxylation sites is 2. The zero-order valence-electron chi connectivity index (χ0n) is 18.6. The van der Waals surface area contributed by atoms with E-state index in [4.69, 9.17) is 0 Å². The van der Waals surface area contributed by atoms with Crippen LogP contribution in [0.5, 0.6) is 11.5 Å². The summed E-state index contributed by atoms with van der Waals surface area (Å²) in [5.74, 6) is -1.05. The number of hydrogen-bond acceptors (Lipinski definition) is 4. The molecule has 4 aromatic carbocycles. The quantitative estimate of drug-likeness (QED) is 0.309. The van der Waals surface area contributed by atoms with Crippen molar-refractivity contribution in [3.63, 3.8) is 0 Å². The zero-order chi connectivity index (χ0) is 24.2. The third-order valence-electron chi connectivity index (χ3n) is 5.37. The van der Waals surface area contributed by atoms with E-state index < -0.39 is 11.6 Å². The van der Waals surface area contributed by atoms with E-state index in [-0.39, 0.29) is 11.5 Å². The minimum absolute atomic E-state index is 0.0596. The molecule has 0 aliphatic rings. The van der Waals surface area contributed by atoms with E-state index in [1.165, 1.54) is 36.4 Å². The molecule has 0 atom stereocenters. The van der Waals surface area contributed by atoms with Crippen molar-refractivity contribution in [1.82, 2.24) is 0 Å². The van der Waals surface area contributed by atoms with Gasteiger partial charge in [-0.3, -0.25) is 9.98 Å². The molecule has 0 radical (unpaired) electrons. The summed E-state index contributed by atoms with van der Waals surface area (Å²) in [5.41, 5.74) is 4.27. The predicted molar refractivity (Wildman–Crippen MR) is 132 cm³/mol. The van der Waals surface area contributed by atoms with Crippen LogP contribution in [0.15, 0.2) is 94.9 Å². The van der Waals surface area contributed by atoms with E-state index in [0.29, 0.717) is 33.9 Å². The molecule has 0 aliphatic carbocycles. The van der Waals surface area contributed by atoms with Crippen LogP contribution < -0.4 is 0 Å². The zero-order valence-corrected chi connectivity index (χ0v) is 18.6. The molecule has 0 bridgehead atoms. The van der Waals surface area contributed by atoms with Gasteiger partial charge in [0.15, 0.2) is 0 Å². The molecule has 0 heterocycles. The van der Waals surface area contributed by atoms with Gasteiger partial charge in [-0.05, 0) is 62.4 Å². The topological polar surface area (TPSA) is 65.2 Å². The van der Waals surface area contributed by atoms with Crippen LogP contribution in [0.4, 0.5) is 20.2 Å². The molecule has 4 nitrogen and oxygen atoms in total. The Morgan fingerprint density at radius 3 is 1.38 bits per heavy atom. The van der Waals surface area contributed by atoms with Crippen LogP contribution in [0.25, 0.3) is 11.1 Å². The smallest absolute Gasteiger partial charge is 0.124 e. The van der Waals surface area contributed by atoms with E-state index in [0.717, 1.165) is 11.1 Å². The molecule has 34 heavy (non-hydrogen) atoms. The molecular formula is C28H22F2N2O2. The van der Waals surface area contributed by atoms with Gasteiger partial charge in [0.1, 0.15) is 23.1 Å². The largest absolute Gasteiger partial charge is 0.507 e. The third kappa shape index (κ3) is 4.86. The summed E-state index contributed by atoms with van der Waals surface area (Å²) in [6.45, 7) is 3.40. The Balaban J connectivity index is 1.81. The van der Waals surface area contributed by atoms with Crippen LogP contribution in [-0.4, -0.2) is 21.6 Å². The maximum Gasteiger partial charge on any atom is 0.124 e. The summed E-state index contributed by atoms with van der Waals surface area (Å²) in [5, 5.41) is 20.3. The molecule has 0 unspecified atom stereocenters. The highest BCUT2D eigenvalue weighted by atomic mass is 19.1. The van der Waals surface area contributed by atoms with E-state index in [2.05, 4.69) is 9.98 Å². The number of halogens is 2. The monoisotopic (exact) mass is 456 g/mol. The van der Waals surface area contributed by atoms with Crippen molar-refractivity contribution in [2.45, 2.75) is 13.8 Å². The first kappa shape index (κ1) is 22.9. The normalized spacial score (nSPS) is 12.1. The van der Waals surface area contributed by atoms with Gasteiger partial charge >= 0.3 is 0 Å². The van der Waals surface area contributed by atoms with E-state index in [1.807, 2.05) is 48.5 Å². The van der Waals surface area contributed by atoms with Gasteiger partial charge in [-0.25, -0.2) is 8.78 Å². The Labute approximate surface area is 196 Å². The van der Waals surface area contributed by atoms with Crippen molar-refractivity contribution in [2.75, 3.05) is 0 Å². The minimum Gasteiger partial charge on any atom is -0.507 e. The van der Waals surface area contributed by atoms with Crippen LogP contribution in [0.2, 0.25) is 0 Å². The highest BCUT2D eigenvalue weighted by molar-refractivity contribution is 6.05. The SMILES string of the molecule is CC(=Nc1ccccc1-c1ccccc1N=C(C)c1cc(F)ccc1O)c1cc(F)ccc1O. The summed E-state index contributed by atoms with van der Waals surface area (Å²) in [4.78, 5) is 9.33. The Morgan fingerprint density at radius 2 is 0.971 bits per heavy atom. The maximum absolute atomic E-state index is 13.7. The van der Waals surface area contributed by atoms with E-state index >= 15 is 0 Å². The van der Waals surface area contributed by atoms with Crippen molar-refractivity contribution in [1.29, 1.82) is 0 Å². The number of aliphatic imine (C=N–C) groups is 2. The second-order valence-electron chi connectivity index (χ2n) is 7.75. The summed E-state index contributed by atoms with van der Waals surface area (Å²) in [7, 11) is 0. The van der Waals surface area contributed by atoms with Crippen molar-refractivity contribution < 1.29 is 19.0 Å².